The molecule has 0 unspecified atom stereocenters. The van der Waals surface area contributed by atoms with Gasteiger partial charge >= 0.3 is 0 Å². The summed E-state index contributed by atoms with van der Waals surface area (Å²) in [5, 5.41) is 8.23. The van der Waals surface area contributed by atoms with Crippen LogP contribution in [-0.4, -0.2) is 89.7 Å². The Balaban J connectivity index is 1.48. The topological polar surface area (TPSA) is 102 Å². The molecule has 2 aliphatic rings. The summed E-state index contributed by atoms with van der Waals surface area (Å²) in [6, 6.07) is 11.8. The van der Waals surface area contributed by atoms with Gasteiger partial charge in [-0.1, -0.05) is 77.4 Å². The third kappa shape index (κ3) is 8.16. The highest BCUT2D eigenvalue weighted by Crippen LogP contribution is 2.27. The Hall–Kier alpha value is -3.72. The first-order chi connectivity index (χ1) is 21.7. The van der Waals surface area contributed by atoms with Gasteiger partial charge in [0.1, 0.15) is 12.1 Å². The largest absolute Gasteiger partial charge is 0.342 e. The lowest BCUT2D eigenvalue weighted by Gasteiger charge is -2.39. The highest BCUT2D eigenvalue weighted by molar-refractivity contribution is 6.02. The van der Waals surface area contributed by atoms with Crippen LogP contribution in [0.2, 0.25) is 0 Å². The van der Waals surface area contributed by atoms with Gasteiger partial charge in [-0.25, -0.2) is 0 Å². The van der Waals surface area contributed by atoms with Crippen molar-refractivity contribution in [2.24, 2.45) is 11.3 Å². The van der Waals surface area contributed by atoms with Crippen molar-refractivity contribution in [2.45, 2.75) is 97.8 Å². The third-order valence-corrected chi connectivity index (χ3v) is 9.54. The SMILES string of the molecule is C/C(=C\[C@H](C(C)C)N(C)C(=O)[C@@H](NC(=O)[C@H]1CCCCN1C)C(C)(C)C)C(=O)N1CCC[C@H]1C(=O)Nc1ccc2ccccc2c1. The van der Waals surface area contributed by atoms with Gasteiger partial charge in [0.05, 0.1) is 12.1 Å². The highest BCUT2D eigenvalue weighted by atomic mass is 16.2. The lowest BCUT2D eigenvalue weighted by molar-refractivity contribution is -0.141. The van der Waals surface area contributed by atoms with Gasteiger partial charge in [0.15, 0.2) is 0 Å². The molecule has 9 nitrogen and oxygen atoms in total. The van der Waals surface area contributed by atoms with Crippen molar-refractivity contribution >= 4 is 40.1 Å². The van der Waals surface area contributed by atoms with E-state index in [2.05, 4.69) is 15.5 Å². The van der Waals surface area contributed by atoms with Crippen LogP contribution in [0.25, 0.3) is 10.8 Å². The van der Waals surface area contributed by atoms with E-state index >= 15 is 0 Å². The number of carbonyl (C=O) groups is 4. The predicted molar refractivity (Wildman–Crippen MR) is 184 cm³/mol. The van der Waals surface area contributed by atoms with Gasteiger partial charge in [0, 0.05) is 24.9 Å². The van der Waals surface area contributed by atoms with Crippen LogP contribution in [-0.2, 0) is 19.2 Å². The number of hydrogen-bond acceptors (Lipinski definition) is 5. The van der Waals surface area contributed by atoms with E-state index in [9.17, 15) is 19.2 Å². The molecule has 0 radical (unpaired) electrons. The van der Waals surface area contributed by atoms with Crippen LogP contribution in [0.3, 0.4) is 0 Å². The Morgan fingerprint density at radius 3 is 2.24 bits per heavy atom. The molecule has 2 N–H and O–H groups in total. The molecule has 0 spiro atoms. The average molecular weight is 632 g/mol. The van der Waals surface area contributed by atoms with Crippen LogP contribution in [0.5, 0.6) is 0 Å². The summed E-state index contributed by atoms with van der Waals surface area (Å²) in [6.07, 6.45) is 6.01. The first-order valence-electron chi connectivity index (χ1n) is 16.8. The number of rotatable bonds is 9. The van der Waals surface area contributed by atoms with Crippen LogP contribution in [0.1, 0.15) is 73.6 Å². The summed E-state index contributed by atoms with van der Waals surface area (Å²) in [5.74, 6) is -0.710. The number of amides is 4. The summed E-state index contributed by atoms with van der Waals surface area (Å²) in [7, 11) is 3.70. The third-order valence-electron chi connectivity index (χ3n) is 9.54. The molecule has 2 aliphatic heterocycles. The summed E-state index contributed by atoms with van der Waals surface area (Å²) < 4.78 is 0. The second kappa shape index (κ2) is 14.8. The van der Waals surface area contributed by atoms with Gasteiger partial charge in [-0.3, -0.25) is 24.1 Å². The van der Waals surface area contributed by atoms with Crippen molar-refractivity contribution in [2.75, 3.05) is 32.5 Å². The monoisotopic (exact) mass is 631 g/mol. The Morgan fingerprint density at radius 1 is 0.913 bits per heavy atom. The molecule has 4 rings (SSSR count). The Morgan fingerprint density at radius 2 is 1.59 bits per heavy atom. The van der Waals surface area contributed by atoms with Crippen LogP contribution in [0, 0.1) is 11.3 Å². The normalized spacial score (nSPS) is 20.8. The van der Waals surface area contributed by atoms with Crippen molar-refractivity contribution in [3.05, 3.63) is 54.1 Å². The van der Waals surface area contributed by atoms with Crippen molar-refractivity contribution in [3.63, 3.8) is 0 Å². The van der Waals surface area contributed by atoms with E-state index in [1.807, 2.05) is 90.2 Å². The van der Waals surface area contributed by atoms with Crippen LogP contribution >= 0.6 is 0 Å². The fraction of sp³-hybridized carbons (Fsp3) is 0.568. The number of fused-ring (bicyclic) bond motifs is 1. The minimum absolute atomic E-state index is 0.00285. The van der Waals surface area contributed by atoms with Crippen molar-refractivity contribution in [1.82, 2.24) is 20.0 Å². The van der Waals surface area contributed by atoms with E-state index in [1.54, 1.807) is 23.8 Å². The summed E-state index contributed by atoms with van der Waals surface area (Å²) in [5.41, 5.74) is 0.667. The van der Waals surface area contributed by atoms with Crippen LogP contribution in [0.15, 0.2) is 54.1 Å². The number of hydrogen-bond donors (Lipinski definition) is 2. The molecule has 0 saturated carbocycles. The molecule has 9 heteroatoms. The Labute approximate surface area is 274 Å². The first-order valence-corrected chi connectivity index (χ1v) is 16.8. The second-order valence-electron chi connectivity index (χ2n) is 14.5. The zero-order valence-corrected chi connectivity index (χ0v) is 28.9. The quantitative estimate of drug-likeness (QED) is 0.370. The van der Waals surface area contributed by atoms with Gasteiger partial charge in [0.25, 0.3) is 0 Å². The molecule has 2 saturated heterocycles. The van der Waals surface area contributed by atoms with E-state index in [0.717, 1.165) is 43.0 Å². The van der Waals surface area contributed by atoms with Gasteiger partial charge in [-0.05, 0) is 80.4 Å². The lowest BCUT2D eigenvalue weighted by Crippen LogP contribution is -2.59. The van der Waals surface area contributed by atoms with Crippen molar-refractivity contribution < 1.29 is 19.2 Å². The molecule has 250 valence electrons. The van der Waals surface area contributed by atoms with Gasteiger partial charge in [0.2, 0.25) is 23.6 Å². The molecule has 2 aromatic carbocycles. The molecular weight excluding hydrogens is 578 g/mol. The number of anilines is 1. The van der Waals surface area contributed by atoms with E-state index in [1.165, 1.54) is 0 Å². The van der Waals surface area contributed by atoms with E-state index in [-0.39, 0.29) is 41.6 Å². The molecule has 2 aromatic rings. The number of nitrogens with zero attached hydrogens (tertiary/aromatic N) is 3. The molecular formula is C37H53N5O4. The number of carbonyl (C=O) groups excluding carboxylic acids is 4. The van der Waals surface area contributed by atoms with Crippen LogP contribution < -0.4 is 10.6 Å². The molecule has 0 bridgehead atoms. The number of nitrogens with one attached hydrogen (secondary N) is 2. The number of likely N-dealkylation sites (N-methyl/N-ethyl adjacent to an activating group) is 2. The minimum atomic E-state index is -0.729. The highest BCUT2D eigenvalue weighted by Gasteiger charge is 2.40. The maximum absolute atomic E-state index is 14.1. The molecule has 4 atom stereocenters. The molecule has 46 heavy (non-hydrogen) atoms. The van der Waals surface area contributed by atoms with Gasteiger partial charge in [-0.15, -0.1) is 0 Å². The molecule has 0 aromatic heterocycles. The van der Waals surface area contributed by atoms with E-state index in [4.69, 9.17) is 0 Å². The maximum Gasteiger partial charge on any atom is 0.249 e. The minimum Gasteiger partial charge on any atom is -0.342 e. The van der Waals surface area contributed by atoms with E-state index < -0.39 is 17.5 Å². The number of likely N-dealkylation sites (tertiary alicyclic amines) is 2. The fourth-order valence-corrected chi connectivity index (χ4v) is 6.72. The first kappa shape index (κ1) is 35.1. The lowest BCUT2D eigenvalue weighted by atomic mass is 9.84. The van der Waals surface area contributed by atoms with Gasteiger partial charge in [-0.2, -0.15) is 0 Å². The zero-order valence-electron chi connectivity index (χ0n) is 28.9. The number of benzene rings is 2. The molecule has 0 aliphatic carbocycles. The maximum atomic E-state index is 14.1. The summed E-state index contributed by atoms with van der Waals surface area (Å²) >= 11 is 0. The smallest absolute Gasteiger partial charge is 0.249 e. The van der Waals surface area contributed by atoms with E-state index in [0.29, 0.717) is 24.2 Å². The fourth-order valence-electron chi connectivity index (χ4n) is 6.72. The van der Waals surface area contributed by atoms with Crippen molar-refractivity contribution in [3.8, 4) is 0 Å². The van der Waals surface area contributed by atoms with Gasteiger partial charge < -0.3 is 20.4 Å². The molecule has 4 amide bonds. The Kier molecular flexibility index (Phi) is 11.3. The molecule has 2 fully saturated rings. The van der Waals surface area contributed by atoms with Crippen molar-refractivity contribution in [1.29, 1.82) is 0 Å². The zero-order chi connectivity index (χ0) is 33.8. The summed E-state index contributed by atoms with van der Waals surface area (Å²) in [4.78, 5) is 60.0. The molecule has 2 heterocycles. The second-order valence-corrected chi connectivity index (χ2v) is 14.5. The van der Waals surface area contributed by atoms with Crippen LogP contribution in [0.4, 0.5) is 5.69 Å². The Bertz CT molecular complexity index is 1460. The average Bonchev–Trinajstić information content (AvgIpc) is 3.51. The summed E-state index contributed by atoms with van der Waals surface area (Å²) in [6.45, 7) is 13.0. The predicted octanol–water partition coefficient (Wildman–Crippen LogP) is 5.21. The number of piperidine rings is 1. The standard InChI is InChI=1S/C37H53N5O4/c1-24(2)31(41(8)36(46)32(37(4,5)6)39-33(43)29-16-11-12-20-40(29)7)22-25(3)35(45)42-21-13-17-30(42)34(44)38-28-19-18-26-14-9-10-15-27(26)23-28/h9-10,14-15,18-19,22-24,29-32H,11-13,16-17,20-21H2,1-8H3,(H,38,44)(H,39,43)/b25-22+/t29-,30+,31-,32-/m1/s1.